The molecule has 0 aliphatic carbocycles. The van der Waals surface area contributed by atoms with E-state index in [0.717, 1.165) is 0 Å². The normalized spacial score (nSPS) is 11.7. The summed E-state index contributed by atoms with van der Waals surface area (Å²) in [5, 5.41) is 10.9. The molecular weight excluding hydrogens is 132 g/mol. The monoisotopic (exact) mass is 142 g/mol. The summed E-state index contributed by atoms with van der Waals surface area (Å²) in [6, 6.07) is 1.62. The Balaban J connectivity index is 3.37. The minimum atomic E-state index is -0.359. The fourth-order valence-corrected chi connectivity index (χ4v) is 0.354. The number of nitrogens with zero attached hydrogens (tertiary/aromatic N) is 1. The Hall–Kier alpha value is -1.08. The lowest BCUT2D eigenvalue weighted by molar-refractivity contribution is -0.139. The molecule has 0 aromatic rings. The zero-order valence-electron chi connectivity index (χ0n) is 6.05. The zero-order chi connectivity index (χ0) is 7.98. The molecule has 0 fully saturated rings. The van der Waals surface area contributed by atoms with Crippen LogP contribution in [0, 0.1) is 11.3 Å². The number of esters is 1. The van der Waals surface area contributed by atoms with Crippen LogP contribution >= 0.6 is 0 Å². The second kappa shape index (κ2) is 4.77. The number of hydrogen-bond acceptors (Lipinski definition) is 4. The van der Waals surface area contributed by atoms with Gasteiger partial charge >= 0.3 is 5.97 Å². The van der Waals surface area contributed by atoms with E-state index in [1.165, 1.54) is 7.11 Å². The summed E-state index contributed by atoms with van der Waals surface area (Å²) in [6.07, 6.45) is 0. The van der Waals surface area contributed by atoms with Crippen molar-refractivity contribution >= 4 is 5.97 Å². The van der Waals surface area contributed by atoms with Crippen molar-refractivity contribution in [2.45, 2.75) is 13.0 Å². The zero-order valence-corrected chi connectivity index (χ0v) is 6.05. The molecule has 0 amide bonds. The van der Waals surface area contributed by atoms with Crippen LogP contribution in [0.2, 0.25) is 0 Å². The first-order valence-electron chi connectivity index (χ1n) is 2.90. The topological polar surface area (TPSA) is 62.1 Å². The van der Waals surface area contributed by atoms with Crippen molar-refractivity contribution in [3.8, 4) is 6.07 Å². The van der Waals surface area contributed by atoms with E-state index in [0.29, 0.717) is 0 Å². The molecule has 56 valence electrons. The van der Waals surface area contributed by atoms with Gasteiger partial charge in [0.15, 0.2) is 0 Å². The van der Waals surface area contributed by atoms with Gasteiger partial charge in [0.25, 0.3) is 0 Å². The van der Waals surface area contributed by atoms with Crippen LogP contribution in [-0.2, 0) is 9.53 Å². The molecule has 0 aliphatic rings. The molecule has 10 heavy (non-hydrogen) atoms. The first-order valence-corrected chi connectivity index (χ1v) is 2.90. The molecule has 4 nitrogen and oxygen atoms in total. The summed E-state index contributed by atoms with van der Waals surface area (Å²) in [4.78, 5) is 10.4. The van der Waals surface area contributed by atoms with Crippen LogP contribution in [-0.4, -0.2) is 25.7 Å². The summed E-state index contributed by atoms with van der Waals surface area (Å²) in [7, 11) is 1.31. The van der Waals surface area contributed by atoms with Gasteiger partial charge < -0.3 is 4.74 Å². The van der Waals surface area contributed by atoms with E-state index in [2.05, 4.69) is 10.1 Å². The number of hydrogen-bond donors (Lipinski definition) is 1. The molecule has 0 aliphatic heterocycles. The molecule has 0 radical (unpaired) electrons. The SMILES string of the molecule is COC(=O)CNC(C)C#N. The van der Waals surface area contributed by atoms with Gasteiger partial charge in [-0.1, -0.05) is 0 Å². The van der Waals surface area contributed by atoms with Gasteiger partial charge in [-0.3, -0.25) is 10.1 Å². The number of carbonyl (C=O) groups is 1. The smallest absolute Gasteiger partial charge is 0.319 e. The van der Waals surface area contributed by atoms with Crippen molar-refractivity contribution in [1.29, 1.82) is 5.26 Å². The standard InChI is InChI=1S/C6H10N2O2/c1-5(3-7)8-4-6(9)10-2/h5,8H,4H2,1-2H3. The van der Waals surface area contributed by atoms with E-state index in [9.17, 15) is 4.79 Å². The third-order valence-electron chi connectivity index (χ3n) is 0.974. The second-order valence-electron chi connectivity index (χ2n) is 1.81. The van der Waals surface area contributed by atoms with Gasteiger partial charge in [0.05, 0.1) is 25.8 Å². The summed E-state index contributed by atoms with van der Waals surface area (Å²) in [5.41, 5.74) is 0. The van der Waals surface area contributed by atoms with Crippen molar-refractivity contribution < 1.29 is 9.53 Å². The number of nitrogens with one attached hydrogen (secondary N) is 1. The van der Waals surface area contributed by atoms with E-state index in [-0.39, 0.29) is 18.6 Å². The minimum Gasteiger partial charge on any atom is -0.468 e. The van der Waals surface area contributed by atoms with Crippen molar-refractivity contribution in [3.05, 3.63) is 0 Å². The van der Waals surface area contributed by atoms with Crippen molar-refractivity contribution in [2.24, 2.45) is 0 Å². The van der Waals surface area contributed by atoms with Gasteiger partial charge in [-0.05, 0) is 6.92 Å². The molecule has 0 saturated heterocycles. The Bertz CT molecular complexity index is 150. The first-order chi connectivity index (χ1) is 4.70. The Kier molecular flexibility index (Phi) is 4.25. The van der Waals surface area contributed by atoms with Crippen molar-refractivity contribution in [1.82, 2.24) is 5.32 Å². The highest BCUT2D eigenvalue weighted by atomic mass is 16.5. The van der Waals surface area contributed by atoms with E-state index in [1.807, 2.05) is 6.07 Å². The Morgan fingerprint density at radius 1 is 1.90 bits per heavy atom. The van der Waals surface area contributed by atoms with Gasteiger partial charge in [0, 0.05) is 0 Å². The third kappa shape index (κ3) is 3.87. The predicted molar refractivity (Wildman–Crippen MR) is 35.1 cm³/mol. The van der Waals surface area contributed by atoms with Crippen LogP contribution in [0.3, 0.4) is 0 Å². The fourth-order valence-electron chi connectivity index (χ4n) is 0.354. The molecule has 0 rings (SSSR count). The maximum Gasteiger partial charge on any atom is 0.319 e. The summed E-state index contributed by atoms with van der Waals surface area (Å²) < 4.78 is 4.33. The Labute approximate surface area is 59.8 Å². The summed E-state index contributed by atoms with van der Waals surface area (Å²) in [5.74, 6) is -0.359. The third-order valence-corrected chi connectivity index (χ3v) is 0.974. The Morgan fingerprint density at radius 2 is 2.50 bits per heavy atom. The average Bonchev–Trinajstić information content (AvgIpc) is 1.99. The van der Waals surface area contributed by atoms with Crippen LogP contribution in [0.5, 0.6) is 0 Å². The first kappa shape index (κ1) is 8.92. The molecule has 1 atom stereocenters. The maximum atomic E-state index is 10.4. The van der Waals surface area contributed by atoms with Gasteiger partial charge in [0.2, 0.25) is 0 Å². The van der Waals surface area contributed by atoms with E-state index in [4.69, 9.17) is 5.26 Å². The highest BCUT2D eigenvalue weighted by Crippen LogP contribution is 1.76. The second-order valence-corrected chi connectivity index (χ2v) is 1.81. The van der Waals surface area contributed by atoms with Crippen LogP contribution in [0.15, 0.2) is 0 Å². The molecule has 0 bridgehead atoms. The molecule has 4 heteroatoms. The van der Waals surface area contributed by atoms with Gasteiger partial charge in [0.1, 0.15) is 0 Å². The number of ether oxygens (including phenoxy) is 1. The van der Waals surface area contributed by atoms with Crippen LogP contribution in [0.4, 0.5) is 0 Å². The van der Waals surface area contributed by atoms with E-state index >= 15 is 0 Å². The number of carbonyl (C=O) groups excluding carboxylic acids is 1. The highest BCUT2D eigenvalue weighted by Gasteiger charge is 2.01. The fraction of sp³-hybridized carbons (Fsp3) is 0.667. The minimum absolute atomic E-state index is 0.0885. The lowest BCUT2D eigenvalue weighted by Gasteiger charge is -2.02. The lowest BCUT2D eigenvalue weighted by atomic mass is 10.4. The molecule has 0 aromatic carbocycles. The van der Waals surface area contributed by atoms with Gasteiger partial charge in [-0.15, -0.1) is 0 Å². The van der Waals surface area contributed by atoms with Crippen LogP contribution < -0.4 is 5.32 Å². The van der Waals surface area contributed by atoms with Crippen molar-refractivity contribution in [3.63, 3.8) is 0 Å². The molecule has 0 spiro atoms. The number of methoxy groups -OCH3 is 1. The Morgan fingerprint density at radius 3 is 2.90 bits per heavy atom. The van der Waals surface area contributed by atoms with Crippen molar-refractivity contribution in [2.75, 3.05) is 13.7 Å². The average molecular weight is 142 g/mol. The van der Waals surface area contributed by atoms with Crippen LogP contribution in [0.25, 0.3) is 0 Å². The van der Waals surface area contributed by atoms with Gasteiger partial charge in [-0.2, -0.15) is 5.26 Å². The number of rotatable bonds is 3. The molecule has 0 saturated carbocycles. The molecule has 0 aromatic heterocycles. The summed E-state index contributed by atoms with van der Waals surface area (Å²) >= 11 is 0. The lowest BCUT2D eigenvalue weighted by Crippen LogP contribution is -2.30. The predicted octanol–water partition coefficient (Wildman–Crippen LogP) is -0.339. The van der Waals surface area contributed by atoms with E-state index < -0.39 is 0 Å². The maximum absolute atomic E-state index is 10.4. The van der Waals surface area contributed by atoms with Gasteiger partial charge in [-0.25, -0.2) is 0 Å². The van der Waals surface area contributed by atoms with Crippen LogP contribution in [0.1, 0.15) is 6.92 Å². The molecule has 1 unspecified atom stereocenters. The summed E-state index contributed by atoms with van der Waals surface area (Å²) in [6.45, 7) is 1.76. The molecule has 1 N–H and O–H groups in total. The number of nitriles is 1. The largest absolute Gasteiger partial charge is 0.468 e. The molecular formula is C6H10N2O2. The molecule has 0 heterocycles. The highest BCUT2D eigenvalue weighted by molar-refractivity contribution is 5.71. The quantitative estimate of drug-likeness (QED) is 0.547. The van der Waals surface area contributed by atoms with E-state index in [1.54, 1.807) is 6.92 Å².